The SMILES string of the molecule is COc1ccc(S(=O)(=O)Nc2n[n+](-c3cccc(Cl)c3C)no2)cc1. The fourth-order valence-electron chi connectivity index (χ4n) is 2.08. The number of anilines is 1. The van der Waals surface area contributed by atoms with Gasteiger partial charge in [-0.05, 0) is 37.3 Å². The molecule has 0 fully saturated rings. The number of hydrogen-bond donors (Lipinski definition) is 1. The van der Waals surface area contributed by atoms with Crippen LogP contribution in [-0.2, 0) is 10.0 Å². The molecule has 3 aromatic rings. The number of nitrogens with zero attached hydrogens (tertiary/aromatic N) is 3. The minimum Gasteiger partial charge on any atom is -0.497 e. The van der Waals surface area contributed by atoms with Crippen LogP contribution in [0.5, 0.6) is 5.75 Å². The Kier molecular flexibility index (Phi) is 4.60. The molecular formula is C15H14ClN4O4S+. The highest BCUT2D eigenvalue weighted by Gasteiger charge is 2.25. The van der Waals surface area contributed by atoms with Crippen LogP contribution in [0.2, 0.25) is 5.02 Å². The molecule has 0 unspecified atom stereocenters. The van der Waals surface area contributed by atoms with Crippen LogP contribution in [0.3, 0.4) is 0 Å². The lowest BCUT2D eigenvalue weighted by atomic mass is 10.2. The highest BCUT2D eigenvalue weighted by atomic mass is 35.5. The molecule has 2 aromatic carbocycles. The first-order chi connectivity index (χ1) is 11.9. The van der Waals surface area contributed by atoms with Gasteiger partial charge >= 0.3 is 6.01 Å². The zero-order chi connectivity index (χ0) is 18.0. The second-order valence-electron chi connectivity index (χ2n) is 5.03. The summed E-state index contributed by atoms with van der Waals surface area (Å²) in [7, 11) is -2.37. The first-order valence-electron chi connectivity index (χ1n) is 7.09. The fraction of sp³-hybridized carbons (Fsp3) is 0.133. The molecule has 1 heterocycles. The van der Waals surface area contributed by atoms with E-state index < -0.39 is 10.0 Å². The molecule has 10 heteroatoms. The van der Waals surface area contributed by atoms with Crippen molar-refractivity contribution in [2.45, 2.75) is 11.8 Å². The maximum Gasteiger partial charge on any atom is 0.403 e. The Balaban J connectivity index is 1.86. The Hall–Kier alpha value is -2.65. The topological polar surface area (TPSA) is 98.2 Å². The van der Waals surface area contributed by atoms with E-state index in [0.29, 0.717) is 16.5 Å². The van der Waals surface area contributed by atoms with Crippen molar-refractivity contribution in [3.63, 3.8) is 0 Å². The molecule has 0 aliphatic carbocycles. The quantitative estimate of drug-likeness (QED) is 0.680. The van der Waals surface area contributed by atoms with Gasteiger partial charge in [0.05, 0.1) is 22.1 Å². The van der Waals surface area contributed by atoms with Gasteiger partial charge in [0.1, 0.15) is 10.5 Å². The van der Waals surface area contributed by atoms with Crippen molar-refractivity contribution < 1.29 is 22.5 Å². The van der Waals surface area contributed by atoms with Gasteiger partial charge in [-0.2, -0.15) is 0 Å². The summed E-state index contributed by atoms with van der Waals surface area (Å²) in [5.41, 5.74) is 1.31. The fourth-order valence-corrected chi connectivity index (χ4v) is 3.17. The second-order valence-corrected chi connectivity index (χ2v) is 7.12. The van der Waals surface area contributed by atoms with Crippen LogP contribution in [0.25, 0.3) is 5.69 Å². The van der Waals surface area contributed by atoms with Crippen molar-refractivity contribution in [2.24, 2.45) is 0 Å². The Morgan fingerprint density at radius 1 is 1.20 bits per heavy atom. The zero-order valence-corrected chi connectivity index (χ0v) is 14.9. The van der Waals surface area contributed by atoms with Crippen LogP contribution in [0.4, 0.5) is 6.01 Å². The molecular weight excluding hydrogens is 368 g/mol. The Labute approximate surface area is 149 Å². The van der Waals surface area contributed by atoms with Crippen LogP contribution in [0, 0.1) is 6.92 Å². The number of nitrogens with one attached hydrogen (secondary N) is 1. The van der Waals surface area contributed by atoms with Crippen molar-refractivity contribution in [3.8, 4) is 11.4 Å². The molecule has 25 heavy (non-hydrogen) atoms. The largest absolute Gasteiger partial charge is 0.497 e. The lowest BCUT2D eigenvalue weighted by Crippen LogP contribution is -2.37. The number of methoxy groups -OCH3 is 1. The van der Waals surface area contributed by atoms with Gasteiger partial charge in [0.15, 0.2) is 0 Å². The minimum atomic E-state index is -3.87. The van der Waals surface area contributed by atoms with E-state index in [2.05, 4.69) is 15.1 Å². The standard InChI is InChI=1S/C15H14ClN4O4S/c1-10-13(16)4-3-5-14(10)20-17-15(24-19-20)18-25(21,22)12-8-6-11(23-2)7-9-12/h3-9H,1-2H3,(H,17,18,19)/q+1. The van der Waals surface area contributed by atoms with Gasteiger partial charge in [0.2, 0.25) is 5.27 Å². The van der Waals surface area contributed by atoms with Gasteiger partial charge in [0.25, 0.3) is 15.7 Å². The van der Waals surface area contributed by atoms with E-state index in [1.54, 1.807) is 25.1 Å². The normalized spacial score (nSPS) is 11.3. The smallest absolute Gasteiger partial charge is 0.403 e. The number of halogens is 1. The Bertz CT molecular complexity index is 1000. The Morgan fingerprint density at radius 2 is 1.92 bits per heavy atom. The molecule has 1 N–H and O–H groups in total. The average Bonchev–Trinajstić information content (AvgIpc) is 3.05. The lowest BCUT2D eigenvalue weighted by molar-refractivity contribution is -0.725. The van der Waals surface area contributed by atoms with E-state index in [1.165, 1.54) is 31.4 Å². The molecule has 0 saturated carbocycles. The third-order valence-electron chi connectivity index (χ3n) is 3.44. The van der Waals surface area contributed by atoms with Crippen molar-refractivity contribution in [1.82, 2.24) is 10.4 Å². The highest BCUT2D eigenvalue weighted by molar-refractivity contribution is 7.92. The van der Waals surface area contributed by atoms with E-state index in [0.717, 1.165) is 10.4 Å². The van der Waals surface area contributed by atoms with Crippen molar-refractivity contribution >= 4 is 27.6 Å². The zero-order valence-electron chi connectivity index (χ0n) is 13.3. The number of hydrogen-bond acceptors (Lipinski definition) is 6. The molecule has 130 valence electrons. The molecule has 0 aliphatic heterocycles. The van der Waals surface area contributed by atoms with Gasteiger partial charge in [-0.15, -0.1) is 0 Å². The number of sulfonamides is 1. The van der Waals surface area contributed by atoms with Crippen LogP contribution in [0.1, 0.15) is 5.56 Å². The summed E-state index contributed by atoms with van der Waals surface area (Å²) in [4.78, 5) is 1.20. The number of rotatable bonds is 5. The highest BCUT2D eigenvalue weighted by Crippen LogP contribution is 2.19. The summed E-state index contributed by atoms with van der Waals surface area (Å²) >= 11 is 6.06. The maximum absolute atomic E-state index is 12.4. The van der Waals surface area contributed by atoms with E-state index in [4.69, 9.17) is 20.9 Å². The van der Waals surface area contributed by atoms with Gasteiger partial charge in [-0.3, -0.25) is 4.52 Å². The molecule has 0 saturated heterocycles. The van der Waals surface area contributed by atoms with Gasteiger partial charge < -0.3 is 4.74 Å². The molecule has 3 rings (SSSR count). The molecule has 0 amide bonds. The molecule has 0 bridgehead atoms. The minimum absolute atomic E-state index is 0.0389. The summed E-state index contributed by atoms with van der Waals surface area (Å²) in [5.74, 6) is 0.547. The third-order valence-corrected chi connectivity index (χ3v) is 5.18. The predicted octanol–water partition coefficient (Wildman–Crippen LogP) is 2.12. The van der Waals surface area contributed by atoms with E-state index in [1.807, 2.05) is 0 Å². The van der Waals surface area contributed by atoms with Gasteiger partial charge in [-0.1, -0.05) is 17.7 Å². The Morgan fingerprint density at radius 3 is 2.60 bits per heavy atom. The van der Waals surface area contributed by atoms with E-state index in [9.17, 15) is 8.42 Å². The number of aromatic nitrogens is 3. The number of benzene rings is 2. The van der Waals surface area contributed by atoms with E-state index >= 15 is 0 Å². The number of ether oxygens (including phenoxy) is 1. The summed E-state index contributed by atoms with van der Waals surface area (Å²) in [6.45, 7) is 1.79. The summed E-state index contributed by atoms with van der Waals surface area (Å²) in [6, 6.07) is 10.8. The second kappa shape index (κ2) is 6.69. The first kappa shape index (κ1) is 17.2. The van der Waals surface area contributed by atoms with Gasteiger partial charge in [-0.25, -0.2) is 13.1 Å². The van der Waals surface area contributed by atoms with E-state index in [-0.39, 0.29) is 10.9 Å². The van der Waals surface area contributed by atoms with Crippen molar-refractivity contribution in [2.75, 3.05) is 11.8 Å². The maximum atomic E-state index is 12.4. The molecule has 0 aliphatic rings. The van der Waals surface area contributed by atoms with Crippen LogP contribution in [-0.4, -0.2) is 25.9 Å². The predicted molar refractivity (Wildman–Crippen MR) is 89.4 cm³/mol. The van der Waals surface area contributed by atoms with Crippen LogP contribution in [0.15, 0.2) is 51.9 Å². The third kappa shape index (κ3) is 3.57. The molecule has 0 radical (unpaired) electrons. The van der Waals surface area contributed by atoms with Crippen molar-refractivity contribution in [1.29, 1.82) is 0 Å². The van der Waals surface area contributed by atoms with Crippen molar-refractivity contribution in [3.05, 3.63) is 53.1 Å². The molecule has 0 atom stereocenters. The van der Waals surface area contributed by atoms with Crippen LogP contribution < -0.4 is 14.3 Å². The summed E-state index contributed by atoms with van der Waals surface area (Å²) in [5, 5.41) is 8.25. The average molecular weight is 382 g/mol. The molecule has 8 nitrogen and oxygen atoms in total. The first-order valence-corrected chi connectivity index (χ1v) is 8.95. The lowest BCUT2D eigenvalue weighted by Gasteiger charge is -2.04. The van der Waals surface area contributed by atoms with Crippen LogP contribution >= 0.6 is 11.6 Å². The molecule has 1 aromatic heterocycles. The van der Waals surface area contributed by atoms with Gasteiger partial charge in [0, 0.05) is 11.6 Å². The summed E-state index contributed by atoms with van der Waals surface area (Å²) < 4.78 is 36.9. The molecule has 0 spiro atoms. The summed E-state index contributed by atoms with van der Waals surface area (Å²) in [6.07, 6.45) is 0. The monoisotopic (exact) mass is 381 g/mol.